The van der Waals surface area contributed by atoms with E-state index < -0.39 is 5.60 Å². The summed E-state index contributed by atoms with van der Waals surface area (Å²) in [6.45, 7) is 7.00. The average Bonchev–Trinajstić information content (AvgIpc) is 2.31. The highest BCUT2D eigenvalue weighted by Gasteiger charge is 2.30. The van der Waals surface area contributed by atoms with Crippen molar-refractivity contribution in [2.45, 2.75) is 32.8 Å². The lowest BCUT2D eigenvalue weighted by Crippen LogP contribution is -2.29. The molecule has 1 atom stereocenters. The third kappa shape index (κ3) is 3.53. The Bertz CT molecular complexity index is 200. The maximum atomic E-state index is 11.5. The van der Waals surface area contributed by atoms with Crippen LogP contribution in [-0.2, 0) is 9.53 Å². The van der Waals surface area contributed by atoms with Crippen LogP contribution in [0, 0.1) is 5.92 Å². The Kier molecular flexibility index (Phi) is 3.19. The maximum Gasteiger partial charge on any atom is 0.310 e. The average molecular weight is 206 g/mol. The normalized spacial score (nSPS) is 24.8. The number of rotatable bonds is 1. The molecule has 1 unspecified atom stereocenters. The van der Waals surface area contributed by atoms with Gasteiger partial charge in [0.25, 0.3) is 0 Å². The first kappa shape index (κ1) is 10.8. The SMILES string of the molecule is CC(C)(C)OC(=O)C1CCN(Cl)C1. The standard InChI is InChI=1S/C9H16ClNO2/c1-9(2,3)13-8(12)7-4-5-11(10)6-7/h7H,4-6H2,1-3H3. The van der Waals surface area contributed by atoms with Gasteiger partial charge in [-0.05, 0) is 39.0 Å². The molecule has 0 amide bonds. The summed E-state index contributed by atoms with van der Waals surface area (Å²) in [6, 6.07) is 0. The molecule has 0 N–H and O–H groups in total. The Morgan fingerprint density at radius 1 is 1.54 bits per heavy atom. The van der Waals surface area contributed by atoms with Crippen molar-refractivity contribution in [1.29, 1.82) is 0 Å². The van der Waals surface area contributed by atoms with E-state index in [0.29, 0.717) is 6.54 Å². The number of carbonyl (C=O) groups excluding carboxylic acids is 1. The van der Waals surface area contributed by atoms with Gasteiger partial charge in [-0.25, -0.2) is 4.42 Å². The zero-order chi connectivity index (χ0) is 10.1. The fourth-order valence-electron chi connectivity index (χ4n) is 1.30. The predicted octanol–water partition coefficient (Wildman–Crippen LogP) is 1.80. The molecule has 0 spiro atoms. The van der Waals surface area contributed by atoms with Crippen molar-refractivity contribution in [3.05, 3.63) is 0 Å². The molecule has 1 fully saturated rings. The fourth-order valence-corrected chi connectivity index (χ4v) is 1.56. The first-order valence-electron chi connectivity index (χ1n) is 4.52. The van der Waals surface area contributed by atoms with Crippen LogP contribution in [0.3, 0.4) is 0 Å². The van der Waals surface area contributed by atoms with Crippen LogP contribution in [0.25, 0.3) is 0 Å². The van der Waals surface area contributed by atoms with Crippen molar-refractivity contribution >= 4 is 17.7 Å². The molecule has 0 aliphatic carbocycles. The van der Waals surface area contributed by atoms with Crippen molar-refractivity contribution in [3.8, 4) is 0 Å². The second-order valence-electron chi connectivity index (χ2n) is 4.39. The Labute approximate surface area is 84.1 Å². The minimum Gasteiger partial charge on any atom is -0.460 e. The van der Waals surface area contributed by atoms with Crippen molar-refractivity contribution in [2.24, 2.45) is 5.92 Å². The topological polar surface area (TPSA) is 29.5 Å². The molecule has 1 heterocycles. The number of halogens is 1. The molecule has 13 heavy (non-hydrogen) atoms. The number of hydrogen-bond donors (Lipinski definition) is 0. The molecule has 0 aromatic heterocycles. The van der Waals surface area contributed by atoms with Crippen molar-refractivity contribution in [3.63, 3.8) is 0 Å². The van der Waals surface area contributed by atoms with Gasteiger partial charge in [0.15, 0.2) is 0 Å². The summed E-state index contributed by atoms with van der Waals surface area (Å²) in [5.74, 6) is -0.174. The van der Waals surface area contributed by atoms with Crippen LogP contribution in [-0.4, -0.2) is 29.1 Å². The third-order valence-corrected chi connectivity index (χ3v) is 2.19. The van der Waals surface area contributed by atoms with Gasteiger partial charge < -0.3 is 4.74 Å². The zero-order valence-electron chi connectivity index (χ0n) is 8.34. The Morgan fingerprint density at radius 2 is 2.15 bits per heavy atom. The van der Waals surface area contributed by atoms with Crippen LogP contribution in [0.4, 0.5) is 0 Å². The van der Waals surface area contributed by atoms with Crippen molar-refractivity contribution < 1.29 is 9.53 Å². The molecular formula is C9H16ClNO2. The summed E-state index contributed by atoms with van der Waals surface area (Å²) >= 11 is 5.75. The fraction of sp³-hybridized carbons (Fsp3) is 0.889. The van der Waals surface area contributed by atoms with E-state index in [4.69, 9.17) is 16.5 Å². The number of ether oxygens (including phenoxy) is 1. The van der Waals surface area contributed by atoms with Gasteiger partial charge in [0, 0.05) is 13.1 Å². The first-order chi connectivity index (χ1) is 5.88. The summed E-state index contributed by atoms with van der Waals surface area (Å²) in [4.78, 5) is 11.5. The highest BCUT2D eigenvalue weighted by atomic mass is 35.5. The quantitative estimate of drug-likeness (QED) is 0.483. The van der Waals surface area contributed by atoms with Crippen molar-refractivity contribution in [1.82, 2.24) is 4.42 Å². The predicted molar refractivity (Wildman–Crippen MR) is 51.4 cm³/mol. The molecule has 1 aliphatic rings. The van der Waals surface area contributed by atoms with Gasteiger partial charge in [-0.2, -0.15) is 0 Å². The van der Waals surface area contributed by atoms with Gasteiger partial charge in [0.05, 0.1) is 5.92 Å². The molecule has 1 aliphatic heterocycles. The van der Waals surface area contributed by atoms with Crippen LogP contribution in [0.1, 0.15) is 27.2 Å². The van der Waals surface area contributed by atoms with Crippen LogP contribution >= 0.6 is 11.8 Å². The Morgan fingerprint density at radius 3 is 2.54 bits per heavy atom. The highest BCUT2D eigenvalue weighted by Crippen LogP contribution is 2.21. The van der Waals surface area contributed by atoms with E-state index >= 15 is 0 Å². The molecule has 0 bridgehead atoms. The van der Waals surface area contributed by atoms with Crippen LogP contribution in [0.5, 0.6) is 0 Å². The maximum absolute atomic E-state index is 11.5. The van der Waals surface area contributed by atoms with Gasteiger partial charge in [-0.3, -0.25) is 4.79 Å². The molecular weight excluding hydrogens is 190 g/mol. The van der Waals surface area contributed by atoms with Gasteiger partial charge in [-0.15, -0.1) is 0 Å². The summed E-state index contributed by atoms with van der Waals surface area (Å²) in [7, 11) is 0. The van der Waals surface area contributed by atoms with E-state index in [1.165, 1.54) is 0 Å². The number of nitrogens with zero attached hydrogens (tertiary/aromatic N) is 1. The van der Waals surface area contributed by atoms with Gasteiger partial charge in [0.2, 0.25) is 0 Å². The number of hydrogen-bond acceptors (Lipinski definition) is 3. The van der Waals surface area contributed by atoms with Crippen LogP contribution in [0.2, 0.25) is 0 Å². The van der Waals surface area contributed by atoms with E-state index in [-0.39, 0.29) is 11.9 Å². The van der Waals surface area contributed by atoms with E-state index in [2.05, 4.69) is 0 Å². The van der Waals surface area contributed by atoms with Gasteiger partial charge in [0.1, 0.15) is 5.60 Å². The lowest BCUT2D eigenvalue weighted by atomic mass is 10.1. The second-order valence-corrected chi connectivity index (χ2v) is 4.87. The summed E-state index contributed by atoms with van der Waals surface area (Å²) in [5, 5.41) is 0. The summed E-state index contributed by atoms with van der Waals surface area (Å²) < 4.78 is 6.88. The molecule has 76 valence electrons. The summed E-state index contributed by atoms with van der Waals surface area (Å²) in [5.41, 5.74) is -0.392. The first-order valence-corrected chi connectivity index (χ1v) is 4.86. The summed E-state index contributed by atoms with van der Waals surface area (Å²) in [6.07, 6.45) is 0.804. The monoisotopic (exact) mass is 205 g/mol. The smallest absolute Gasteiger partial charge is 0.310 e. The molecule has 0 aromatic carbocycles. The Balaban J connectivity index is 2.41. The molecule has 0 radical (unpaired) electrons. The molecule has 1 rings (SSSR count). The lowest BCUT2D eigenvalue weighted by Gasteiger charge is -2.21. The van der Waals surface area contributed by atoms with Crippen LogP contribution < -0.4 is 0 Å². The number of esters is 1. The molecule has 1 saturated heterocycles. The van der Waals surface area contributed by atoms with Crippen LogP contribution in [0.15, 0.2) is 0 Å². The highest BCUT2D eigenvalue weighted by molar-refractivity contribution is 6.13. The second kappa shape index (κ2) is 3.84. The number of carbonyl (C=O) groups is 1. The third-order valence-electron chi connectivity index (χ3n) is 1.88. The van der Waals surface area contributed by atoms with E-state index in [9.17, 15) is 4.79 Å². The minimum absolute atomic E-state index is 0.0447. The van der Waals surface area contributed by atoms with Crippen molar-refractivity contribution in [2.75, 3.05) is 13.1 Å². The zero-order valence-corrected chi connectivity index (χ0v) is 9.10. The minimum atomic E-state index is -0.392. The van der Waals surface area contributed by atoms with E-state index in [1.807, 2.05) is 20.8 Å². The van der Waals surface area contributed by atoms with Gasteiger partial charge in [-0.1, -0.05) is 0 Å². The van der Waals surface area contributed by atoms with Gasteiger partial charge >= 0.3 is 5.97 Å². The van der Waals surface area contributed by atoms with E-state index in [0.717, 1.165) is 13.0 Å². The molecule has 3 nitrogen and oxygen atoms in total. The molecule has 0 saturated carbocycles. The largest absolute Gasteiger partial charge is 0.460 e. The van der Waals surface area contributed by atoms with E-state index in [1.54, 1.807) is 4.42 Å². The Hall–Kier alpha value is -0.280. The molecule has 4 heteroatoms. The molecule has 0 aromatic rings. The lowest BCUT2D eigenvalue weighted by molar-refractivity contribution is -0.159.